The molecule has 2 aromatic rings. The van der Waals surface area contributed by atoms with Gasteiger partial charge in [-0.3, -0.25) is 5.10 Å². The van der Waals surface area contributed by atoms with Crippen LogP contribution in [-0.4, -0.2) is 10.2 Å². The van der Waals surface area contributed by atoms with Crippen LogP contribution in [0.15, 0.2) is 33.8 Å². The number of nitrogens with zero attached hydrogens (tertiary/aromatic N) is 1. The van der Waals surface area contributed by atoms with Crippen molar-refractivity contribution in [2.45, 2.75) is 12.5 Å². The Balaban J connectivity index is 2.05. The number of nitrogens with two attached hydrogens (primary N) is 1. The highest BCUT2D eigenvalue weighted by atomic mass is 79.9. The van der Waals surface area contributed by atoms with Crippen LogP contribution in [0.1, 0.15) is 17.2 Å². The van der Waals surface area contributed by atoms with Gasteiger partial charge in [0.1, 0.15) is 0 Å². The second kappa shape index (κ2) is 3.98. The van der Waals surface area contributed by atoms with Crippen molar-refractivity contribution in [3.05, 3.63) is 40.5 Å². The molecule has 0 spiro atoms. The summed E-state index contributed by atoms with van der Waals surface area (Å²) in [5.41, 5.74) is 8.04. The Bertz CT molecular complexity index is 396. The third-order valence-corrected chi connectivity index (χ3v) is 2.44. The molecular formula is C9H10BrN3O. The van der Waals surface area contributed by atoms with Gasteiger partial charge >= 0.3 is 0 Å². The van der Waals surface area contributed by atoms with Gasteiger partial charge in [-0.05, 0) is 34.0 Å². The normalized spacial score (nSPS) is 13.0. The summed E-state index contributed by atoms with van der Waals surface area (Å²) < 4.78 is 5.85. The first-order chi connectivity index (χ1) is 6.75. The van der Waals surface area contributed by atoms with Crippen molar-refractivity contribution in [3.8, 4) is 0 Å². The molecule has 0 aliphatic heterocycles. The smallest absolute Gasteiger partial charge is 0.169 e. The van der Waals surface area contributed by atoms with Crippen molar-refractivity contribution in [2.24, 2.45) is 5.73 Å². The molecule has 0 aliphatic carbocycles. The van der Waals surface area contributed by atoms with Gasteiger partial charge in [-0.1, -0.05) is 0 Å². The van der Waals surface area contributed by atoms with E-state index in [1.165, 1.54) is 0 Å². The van der Waals surface area contributed by atoms with Crippen LogP contribution >= 0.6 is 15.9 Å². The lowest BCUT2D eigenvalue weighted by atomic mass is 10.1. The lowest BCUT2D eigenvalue weighted by Crippen LogP contribution is -2.11. The SMILES string of the molecule is NC(Cc1coc(Br)c1)c1cn[nH]c1. The predicted molar refractivity (Wildman–Crippen MR) is 55.6 cm³/mol. The zero-order valence-corrected chi connectivity index (χ0v) is 8.99. The lowest BCUT2D eigenvalue weighted by Gasteiger charge is -2.06. The van der Waals surface area contributed by atoms with Crippen LogP contribution < -0.4 is 5.73 Å². The Morgan fingerprint density at radius 1 is 1.64 bits per heavy atom. The highest BCUT2D eigenvalue weighted by molar-refractivity contribution is 9.10. The van der Waals surface area contributed by atoms with Gasteiger partial charge in [-0.25, -0.2) is 0 Å². The molecule has 5 heteroatoms. The number of furan rings is 1. The zero-order chi connectivity index (χ0) is 9.97. The average molecular weight is 256 g/mol. The fourth-order valence-corrected chi connectivity index (χ4v) is 1.68. The van der Waals surface area contributed by atoms with Crippen molar-refractivity contribution < 1.29 is 4.42 Å². The van der Waals surface area contributed by atoms with Crippen LogP contribution in [0.2, 0.25) is 0 Å². The summed E-state index contributed by atoms with van der Waals surface area (Å²) in [7, 11) is 0. The molecule has 1 atom stereocenters. The zero-order valence-electron chi connectivity index (χ0n) is 7.40. The lowest BCUT2D eigenvalue weighted by molar-refractivity contribution is 0.536. The van der Waals surface area contributed by atoms with E-state index in [-0.39, 0.29) is 6.04 Å². The van der Waals surface area contributed by atoms with Gasteiger partial charge in [-0.15, -0.1) is 0 Å². The van der Waals surface area contributed by atoms with Crippen LogP contribution in [0.25, 0.3) is 0 Å². The minimum atomic E-state index is -0.0433. The number of hydrogen-bond donors (Lipinski definition) is 2. The fourth-order valence-electron chi connectivity index (χ4n) is 1.29. The first-order valence-corrected chi connectivity index (χ1v) is 5.02. The van der Waals surface area contributed by atoms with E-state index in [1.54, 1.807) is 18.7 Å². The summed E-state index contributed by atoms with van der Waals surface area (Å²) in [4.78, 5) is 0. The molecule has 2 heterocycles. The Morgan fingerprint density at radius 2 is 2.50 bits per heavy atom. The van der Waals surface area contributed by atoms with Gasteiger partial charge in [0.05, 0.1) is 12.5 Å². The Morgan fingerprint density at radius 3 is 3.07 bits per heavy atom. The molecule has 74 valence electrons. The maximum absolute atomic E-state index is 5.96. The molecule has 1 unspecified atom stereocenters. The third kappa shape index (κ3) is 2.05. The van der Waals surface area contributed by atoms with Crippen molar-refractivity contribution in [2.75, 3.05) is 0 Å². The van der Waals surface area contributed by atoms with Gasteiger partial charge in [-0.2, -0.15) is 5.10 Å². The molecule has 0 bridgehead atoms. The molecular weight excluding hydrogens is 246 g/mol. The first kappa shape index (κ1) is 9.48. The highest BCUT2D eigenvalue weighted by Gasteiger charge is 2.09. The van der Waals surface area contributed by atoms with Crippen LogP contribution in [0.4, 0.5) is 0 Å². The van der Waals surface area contributed by atoms with Crippen LogP contribution in [0.5, 0.6) is 0 Å². The van der Waals surface area contributed by atoms with Crippen molar-refractivity contribution in [3.63, 3.8) is 0 Å². The standard InChI is InChI=1S/C9H10BrN3O/c10-9-2-6(5-14-9)1-8(11)7-3-12-13-4-7/h2-5,8H,1,11H2,(H,12,13). The minimum Gasteiger partial charge on any atom is -0.457 e. The quantitative estimate of drug-likeness (QED) is 0.882. The van der Waals surface area contributed by atoms with Crippen LogP contribution in [-0.2, 0) is 6.42 Å². The molecule has 3 N–H and O–H groups in total. The van der Waals surface area contributed by atoms with Gasteiger partial charge in [0, 0.05) is 17.8 Å². The molecule has 0 fully saturated rings. The molecule has 2 aromatic heterocycles. The van der Waals surface area contributed by atoms with Crippen molar-refractivity contribution >= 4 is 15.9 Å². The van der Waals surface area contributed by atoms with E-state index >= 15 is 0 Å². The largest absolute Gasteiger partial charge is 0.457 e. The molecule has 2 rings (SSSR count). The topological polar surface area (TPSA) is 67.8 Å². The maximum atomic E-state index is 5.96. The molecule has 0 radical (unpaired) electrons. The number of aromatic nitrogens is 2. The van der Waals surface area contributed by atoms with E-state index in [2.05, 4.69) is 26.1 Å². The first-order valence-electron chi connectivity index (χ1n) is 4.23. The molecule has 0 aromatic carbocycles. The molecule has 0 saturated carbocycles. The Kier molecular flexibility index (Phi) is 2.69. The Hall–Kier alpha value is -1.07. The fraction of sp³-hybridized carbons (Fsp3) is 0.222. The van der Waals surface area contributed by atoms with Gasteiger partial charge in [0.25, 0.3) is 0 Å². The summed E-state index contributed by atoms with van der Waals surface area (Å²) in [6.45, 7) is 0. The van der Waals surface area contributed by atoms with Gasteiger partial charge < -0.3 is 10.2 Å². The molecule has 0 amide bonds. The number of hydrogen-bond acceptors (Lipinski definition) is 3. The highest BCUT2D eigenvalue weighted by Crippen LogP contribution is 2.19. The van der Waals surface area contributed by atoms with E-state index in [9.17, 15) is 0 Å². The van der Waals surface area contributed by atoms with E-state index in [4.69, 9.17) is 10.2 Å². The third-order valence-electron chi connectivity index (χ3n) is 2.02. The second-order valence-corrected chi connectivity index (χ2v) is 3.88. The molecule has 4 nitrogen and oxygen atoms in total. The van der Waals surface area contributed by atoms with Crippen LogP contribution in [0.3, 0.4) is 0 Å². The number of aromatic amines is 1. The van der Waals surface area contributed by atoms with E-state index < -0.39 is 0 Å². The summed E-state index contributed by atoms with van der Waals surface area (Å²) >= 11 is 3.24. The predicted octanol–water partition coefficient (Wildman–Crippen LogP) is 2.01. The summed E-state index contributed by atoms with van der Waals surface area (Å²) in [5, 5.41) is 6.59. The molecule has 0 saturated heterocycles. The maximum Gasteiger partial charge on any atom is 0.169 e. The van der Waals surface area contributed by atoms with E-state index in [1.807, 2.05) is 6.07 Å². The van der Waals surface area contributed by atoms with Gasteiger partial charge in [0.2, 0.25) is 0 Å². The monoisotopic (exact) mass is 255 g/mol. The van der Waals surface area contributed by atoms with Gasteiger partial charge in [0.15, 0.2) is 4.67 Å². The van der Waals surface area contributed by atoms with Crippen LogP contribution in [0, 0.1) is 0 Å². The summed E-state index contributed by atoms with van der Waals surface area (Å²) in [5.74, 6) is 0. The second-order valence-electron chi connectivity index (χ2n) is 3.10. The minimum absolute atomic E-state index is 0.0433. The molecule has 0 aliphatic rings. The summed E-state index contributed by atoms with van der Waals surface area (Å²) in [6, 6.07) is 1.87. The summed E-state index contributed by atoms with van der Waals surface area (Å²) in [6.07, 6.45) is 5.98. The molecule has 14 heavy (non-hydrogen) atoms. The average Bonchev–Trinajstić information content (AvgIpc) is 2.75. The number of H-pyrrole nitrogens is 1. The number of nitrogens with one attached hydrogen (secondary N) is 1. The van der Waals surface area contributed by atoms with Crippen molar-refractivity contribution in [1.82, 2.24) is 10.2 Å². The van der Waals surface area contributed by atoms with E-state index in [0.717, 1.165) is 22.2 Å². The Labute approximate surface area is 89.6 Å². The van der Waals surface area contributed by atoms with E-state index in [0.29, 0.717) is 0 Å². The number of rotatable bonds is 3. The number of halogens is 1. The van der Waals surface area contributed by atoms with Crippen molar-refractivity contribution in [1.29, 1.82) is 0 Å².